The molecule has 2 N–H and O–H groups in total. The molecule has 2 rings (SSSR count). The minimum Gasteiger partial charge on any atom is -0.399 e. The first-order valence-corrected chi connectivity index (χ1v) is 8.54. The highest BCUT2D eigenvalue weighted by Crippen LogP contribution is 2.30. The molecule has 0 bridgehead atoms. The van der Waals surface area contributed by atoms with Crippen LogP contribution in [0.2, 0.25) is 0 Å². The minimum absolute atomic E-state index is 0.775. The van der Waals surface area contributed by atoms with Crippen LogP contribution in [0.15, 0.2) is 31.4 Å². The Hall–Kier alpha value is -0.240. The van der Waals surface area contributed by atoms with Crippen LogP contribution in [-0.2, 0) is 5.75 Å². The van der Waals surface area contributed by atoms with Gasteiger partial charge in [-0.2, -0.15) is 0 Å². The van der Waals surface area contributed by atoms with Crippen LogP contribution in [0.4, 0.5) is 5.69 Å². The number of hydrogen-bond acceptors (Lipinski definition) is 6. The summed E-state index contributed by atoms with van der Waals surface area (Å²) in [5, 5.41) is 8.17. The van der Waals surface area contributed by atoms with Crippen molar-refractivity contribution < 1.29 is 0 Å². The Balaban J connectivity index is 2.01. The fourth-order valence-electron chi connectivity index (χ4n) is 1.24. The van der Waals surface area contributed by atoms with Crippen molar-refractivity contribution in [2.75, 3.05) is 12.0 Å². The molecule has 1 aromatic carbocycles. The van der Waals surface area contributed by atoms with Gasteiger partial charge in [0.15, 0.2) is 8.68 Å². The van der Waals surface area contributed by atoms with Crippen molar-refractivity contribution in [3.63, 3.8) is 0 Å². The molecule has 0 atom stereocenters. The molecule has 0 saturated heterocycles. The molecule has 0 saturated carbocycles. The topological polar surface area (TPSA) is 51.8 Å². The summed E-state index contributed by atoms with van der Waals surface area (Å²) in [7, 11) is 0. The summed E-state index contributed by atoms with van der Waals surface area (Å²) >= 11 is 8.36. The number of nitrogens with zero attached hydrogens (tertiary/aromatic N) is 2. The quantitative estimate of drug-likeness (QED) is 0.671. The van der Waals surface area contributed by atoms with E-state index >= 15 is 0 Å². The van der Waals surface area contributed by atoms with Crippen LogP contribution in [0, 0.1) is 0 Å². The molecule has 1 aromatic heterocycles. The van der Waals surface area contributed by atoms with E-state index in [0.717, 1.165) is 24.6 Å². The zero-order valence-corrected chi connectivity index (χ0v) is 13.0. The average Bonchev–Trinajstić information content (AvgIpc) is 2.73. The van der Waals surface area contributed by atoms with Gasteiger partial charge in [0.25, 0.3) is 0 Å². The second-order valence-corrected chi connectivity index (χ2v) is 7.39. The summed E-state index contributed by atoms with van der Waals surface area (Å²) in [5.74, 6) is 0.854. The summed E-state index contributed by atoms with van der Waals surface area (Å²) in [4.78, 5) is 0. The first-order chi connectivity index (χ1) is 8.17. The molecule has 0 unspecified atom stereocenters. The molecule has 2 aromatic rings. The maximum atomic E-state index is 5.79. The van der Waals surface area contributed by atoms with Crippen LogP contribution in [0.1, 0.15) is 5.56 Å². The maximum absolute atomic E-state index is 5.79. The molecule has 17 heavy (non-hydrogen) atoms. The number of rotatable bonds is 4. The second kappa shape index (κ2) is 6.08. The smallest absolute Gasteiger partial charge is 0.175 e. The highest BCUT2D eigenvalue weighted by molar-refractivity contribution is 9.10. The highest BCUT2D eigenvalue weighted by atomic mass is 79.9. The van der Waals surface area contributed by atoms with Gasteiger partial charge < -0.3 is 5.73 Å². The number of aromatic nitrogens is 2. The summed E-state index contributed by atoms with van der Waals surface area (Å²) in [6.45, 7) is 0. The molecule has 0 aliphatic carbocycles. The van der Waals surface area contributed by atoms with Gasteiger partial charge in [-0.1, -0.05) is 50.8 Å². The molecule has 0 radical (unpaired) electrons. The van der Waals surface area contributed by atoms with Crippen LogP contribution >= 0.6 is 50.8 Å². The lowest BCUT2D eigenvalue weighted by Gasteiger charge is -2.02. The molecule has 0 aliphatic heterocycles. The fourth-order valence-corrected chi connectivity index (χ4v) is 4.17. The minimum atomic E-state index is 0.775. The van der Waals surface area contributed by atoms with Crippen molar-refractivity contribution in [2.45, 2.75) is 14.4 Å². The highest BCUT2D eigenvalue weighted by Gasteiger charge is 2.05. The Morgan fingerprint density at radius 3 is 2.71 bits per heavy atom. The molecular formula is C10H10BrN3S3. The van der Waals surface area contributed by atoms with Crippen molar-refractivity contribution in [1.29, 1.82) is 0 Å². The zero-order valence-electron chi connectivity index (χ0n) is 9.01. The van der Waals surface area contributed by atoms with E-state index in [1.54, 1.807) is 34.9 Å². The Morgan fingerprint density at radius 2 is 2.06 bits per heavy atom. The predicted molar refractivity (Wildman–Crippen MR) is 79.8 cm³/mol. The molecule has 0 fully saturated rings. The molecule has 7 heteroatoms. The third-order valence-electron chi connectivity index (χ3n) is 1.90. The number of benzene rings is 1. The van der Waals surface area contributed by atoms with E-state index in [1.165, 1.54) is 5.56 Å². The van der Waals surface area contributed by atoms with Crippen molar-refractivity contribution in [3.05, 3.63) is 28.2 Å². The monoisotopic (exact) mass is 347 g/mol. The van der Waals surface area contributed by atoms with E-state index in [1.807, 2.05) is 18.4 Å². The fraction of sp³-hybridized carbons (Fsp3) is 0.200. The van der Waals surface area contributed by atoms with Gasteiger partial charge in [0.05, 0.1) is 0 Å². The van der Waals surface area contributed by atoms with Gasteiger partial charge in [-0.3, -0.25) is 0 Å². The SMILES string of the molecule is CSc1nnc(SCc2cc(N)cc(Br)c2)s1. The van der Waals surface area contributed by atoms with Crippen LogP contribution in [-0.4, -0.2) is 16.5 Å². The third-order valence-corrected chi connectivity index (χ3v) is 5.47. The Kier molecular flexibility index (Phi) is 4.72. The van der Waals surface area contributed by atoms with E-state index < -0.39 is 0 Å². The maximum Gasteiger partial charge on any atom is 0.175 e. The van der Waals surface area contributed by atoms with Crippen LogP contribution in [0.3, 0.4) is 0 Å². The second-order valence-electron chi connectivity index (χ2n) is 3.22. The number of thioether (sulfide) groups is 2. The van der Waals surface area contributed by atoms with Gasteiger partial charge in [-0.05, 0) is 30.0 Å². The van der Waals surface area contributed by atoms with Gasteiger partial charge in [-0.25, -0.2) is 0 Å². The summed E-state index contributed by atoms with van der Waals surface area (Å²) in [6.07, 6.45) is 2.00. The summed E-state index contributed by atoms with van der Waals surface area (Å²) < 4.78 is 3.00. The van der Waals surface area contributed by atoms with E-state index in [4.69, 9.17) is 5.73 Å². The first kappa shape index (κ1) is 13.2. The lowest BCUT2D eigenvalue weighted by atomic mass is 10.2. The van der Waals surface area contributed by atoms with Gasteiger partial charge in [-0.15, -0.1) is 10.2 Å². The normalized spacial score (nSPS) is 10.7. The predicted octanol–water partition coefficient (Wildman–Crippen LogP) is 3.90. The van der Waals surface area contributed by atoms with E-state index in [0.29, 0.717) is 0 Å². The van der Waals surface area contributed by atoms with Crippen LogP contribution in [0.25, 0.3) is 0 Å². The van der Waals surface area contributed by atoms with Crippen molar-refractivity contribution >= 4 is 56.5 Å². The third kappa shape index (κ3) is 3.87. The molecular weight excluding hydrogens is 338 g/mol. The summed E-state index contributed by atoms with van der Waals surface area (Å²) in [5.41, 5.74) is 7.74. The van der Waals surface area contributed by atoms with Gasteiger partial charge in [0, 0.05) is 15.9 Å². The molecule has 0 amide bonds. The molecule has 0 aliphatic rings. The number of halogens is 1. The van der Waals surface area contributed by atoms with Crippen LogP contribution < -0.4 is 5.73 Å². The lowest BCUT2D eigenvalue weighted by Crippen LogP contribution is -1.88. The number of anilines is 1. The van der Waals surface area contributed by atoms with Crippen molar-refractivity contribution in [3.8, 4) is 0 Å². The molecule has 1 heterocycles. The molecule has 90 valence electrons. The van der Waals surface area contributed by atoms with Crippen molar-refractivity contribution in [1.82, 2.24) is 10.2 Å². The standard InChI is InChI=1S/C10H10BrN3S3/c1-15-9-13-14-10(17-9)16-5-6-2-7(11)4-8(12)3-6/h2-4H,5,12H2,1H3. The van der Waals surface area contributed by atoms with E-state index in [2.05, 4.69) is 32.2 Å². The Bertz CT molecular complexity index is 495. The zero-order chi connectivity index (χ0) is 12.3. The lowest BCUT2D eigenvalue weighted by molar-refractivity contribution is 0.955. The van der Waals surface area contributed by atoms with E-state index in [9.17, 15) is 0 Å². The number of hydrogen-bond donors (Lipinski definition) is 1. The molecule has 3 nitrogen and oxygen atoms in total. The van der Waals surface area contributed by atoms with E-state index in [-0.39, 0.29) is 0 Å². The summed E-state index contributed by atoms with van der Waals surface area (Å²) in [6, 6.07) is 5.94. The Labute approximate surface area is 121 Å². The number of nitrogens with two attached hydrogens (primary N) is 1. The largest absolute Gasteiger partial charge is 0.399 e. The first-order valence-electron chi connectivity index (χ1n) is 4.72. The van der Waals surface area contributed by atoms with Crippen molar-refractivity contribution in [2.24, 2.45) is 0 Å². The Morgan fingerprint density at radius 1 is 1.29 bits per heavy atom. The van der Waals surface area contributed by atoms with Crippen LogP contribution in [0.5, 0.6) is 0 Å². The van der Waals surface area contributed by atoms with Gasteiger partial charge in [0.1, 0.15) is 0 Å². The van der Waals surface area contributed by atoms with Gasteiger partial charge in [0.2, 0.25) is 0 Å². The molecule has 0 spiro atoms. The number of nitrogen functional groups attached to an aromatic ring is 1. The average molecular weight is 348 g/mol. The van der Waals surface area contributed by atoms with Gasteiger partial charge >= 0.3 is 0 Å².